The van der Waals surface area contributed by atoms with Gasteiger partial charge in [0.2, 0.25) is 0 Å². The second kappa shape index (κ2) is 11.7. The summed E-state index contributed by atoms with van der Waals surface area (Å²) >= 11 is 3.53. The fourth-order valence-corrected chi connectivity index (χ4v) is 6.14. The Balaban J connectivity index is 1.25. The summed E-state index contributed by atoms with van der Waals surface area (Å²) in [7, 11) is 0. The molecule has 8 heteroatoms. The number of piperidine rings is 2. The molecular weight excluding hydrogens is 556 g/mol. The van der Waals surface area contributed by atoms with Crippen LogP contribution in [0.25, 0.3) is 16.6 Å². The molecule has 7 nitrogen and oxygen atoms in total. The number of amides is 1. The Hall–Kier alpha value is -2.94. The van der Waals surface area contributed by atoms with Crippen molar-refractivity contribution in [2.24, 2.45) is 0 Å². The van der Waals surface area contributed by atoms with Gasteiger partial charge in [-0.3, -0.25) is 24.8 Å². The van der Waals surface area contributed by atoms with E-state index in [4.69, 9.17) is 4.84 Å². The number of aromatic amines is 1. The van der Waals surface area contributed by atoms with E-state index in [1.807, 2.05) is 30.9 Å². The van der Waals surface area contributed by atoms with Gasteiger partial charge in [0.1, 0.15) is 5.69 Å². The fraction of sp³-hybridized carbons (Fsp3) is 0.419. The number of rotatable bonds is 6. The van der Waals surface area contributed by atoms with Crippen LogP contribution in [-0.2, 0) is 4.84 Å². The molecule has 2 fully saturated rings. The second-order valence-electron chi connectivity index (χ2n) is 10.8. The molecular formula is C31H37BrN4O3. The predicted molar refractivity (Wildman–Crippen MR) is 159 cm³/mol. The first kappa shape index (κ1) is 27.6. The number of aryl methyl sites for hydroxylation is 1. The molecule has 39 heavy (non-hydrogen) atoms. The van der Waals surface area contributed by atoms with Crippen LogP contribution in [0.15, 0.2) is 63.4 Å². The molecule has 0 atom stereocenters. The minimum absolute atomic E-state index is 0.0425. The van der Waals surface area contributed by atoms with E-state index in [2.05, 4.69) is 62.5 Å². The average Bonchev–Trinajstić information content (AvgIpc) is 2.95. The molecule has 206 valence electrons. The largest absolute Gasteiger partial charge is 0.350 e. The predicted octanol–water partition coefficient (Wildman–Crippen LogP) is 5.64. The highest BCUT2D eigenvalue weighted by atomic mass is 79.9. The second-order valence-corrected chi connectivity index (χ2v) is 11.8. The molecule has 3 heterocycles. The number of hydroxylamine groups is 1. The number of nitrogens with zero attached hydrogens (tertiary/aromatic N) is 2. The third kappa shape index (κ3) is 5.83. The van der Waals surface area contributed by atoms with E-state index in [-0.39, 0.29) is 16.9 Å². The molecule has 1 aromatic heterocycles. The zero-order valence-electron chi connectivity index (χ0n) is 23.0. The van der Waals surface area contributed by atoms with E-state index in [1.165, 1.54) is 11.6 Å². The number of pyridine rings is 1. The van der Waals surface area contributed by atoms with E-state index in [0.717, 1.165) is 65.6 Å². The maximum atomic E-state index is 13.4. The Morgan fingerprint density at radius 1 is 1.08 bits per heavy atom. The van der Waals surface area contributed by atoms with Gasteiger partial charge in [0.05, 0.1) is 17.8 Å². The number of hydrogen-bond donors (Lipinski definition) is 2. The number of nitrogens with one attached hydrogen (secondary N) is 2. The number of benzene rings is 2. The number of carbonyl (C=O) groups excluding carboxylic acids is 1. The number of likely N-dealkylation sites (tertiary alicyclic amines) is 2. The molecule has 1 amide bonds. The van der Waals surface area contributed by atoms with Crippen molar-refractivity contribution in [2.75, 3.05) is 32.8 Å². The lowest BCUT2D eigenvalue weighted by Gasteiger charge is -2.48. The monoisotopic (exact) mass is 592 g/mol. The minimum atomic E-state index is -0.115. The number of fused-ring (bicyclic) bond motifs is 1. The molecule has 2 N–H and O–H groups in total. The van der Waals surface area contributed by atoms with Gasteiger partial charge in [-0.2, -0.15) is 0 Å². The Morgan fingerprint density at radius 2 is 1.77 bits per heavy atom. The summed E-state index contributed by atoms with van der Waals surface area (Å²) in [6, 6.07) is 15.4. The third-order valence-corrected chi connectivity index (χ3v) is 8.90. The smallest absolute Gasteiger partial charge is 0.270 e. The molecule has 0 bridgehead atoms. The summed E-state index contributed by atoms with van der Waals surface area (Å²) in [6.45, 7) is 10.2. The van der Waals surface area contributed by atoms with Crippen LogP contribution in [0.4, 0.5) is 0 Å². The summed E-state index contributed by atoms with van der Waals surface area (Å²) in [5, 5.41) is 0.621. The summed E-state index contributed by atoms with van der Waals surface area (Å²) < 4.78 is 1.06. The topological polar surface area (TPSA) is 77.7 Å². The molecule has 3 aromatic rings. The first-order valence-corrected chi connectivity index (χ1v) is 14.6. The molecule has 2 aliphatic heterocycles. The third-order valence-electron chi connectivity index (χ3n) is 8.37. The molecule has 0 unspecified atom stereocenters. The van der Waals surface area contributed by atoms with E-state index in [0.29, 0.717) is 30.8 Å². The van der Waals surface area contributed by atoms with Crippen molar-refractivity contribution in [1.82, 2.24) is 20.3 Å². The number of halogens is 1. The maximum Gasteiger partial charge on any atom is 0.270 e. The van der Waals surface area contributed by atoms with Crippen LogP contribution in [0.1, 0.15) is 61.1 Å². The number of hydrogen-bond acceptors (Lipinski definition) is 5. The maximum absolute atomic E-state index is 13.4. The van der Waals surface area contributed by atoms with Crippen molar-refractivity contribution in [3.8, 4) is 0 Å². The highest BCUT2D eigenvalue weighted by Gasteiger charge is 2.38. The lowest BCUT2D eigenvalue weighted by molar-refractivity contribution is 0.0253. The van der Waals surface area contributed by atoms with Crippen LogP contribution in [0.5, 0.6) is 0 Å². The first-order chi connectivity index (χ1) is 18.8. The van der Waals surface area contributed by atoms with Gasteiger partial charge in [0.15, 0.2) is 5.43 Å². The fourth-order valence-electron chi connectivity index (χ4n) is 5.87. The van der Waals surface area contributed by atoms with Gasteiger partial charge < -0.3 is 9.88 Å². The Morgan fingerprint density at radius 3 is 2.44 bits per heavy atom. The Labute approximate surface area is 238 Å². The molecule has 0 saturated carbocycles. The van der Waals surface area contributed by atoms with Gasteiger partial charge >= 0.3 is 0 Å². The number of carbonyl (C=O) groups is 1. The Bertz CT molecular complexity index is 1430. The SMILES string of the molecule is CCONC(=C1CCN(C2(C)CCN(C(=O)c3cc(=O)c4cccc(C)c4[nH]3)CC2)CC1)c1ccc(Br)cc1. The summed E-state index contributed by atoms with van der Waals surface area (Å²) in [5.74, 6) is -0.0932. The molecule has 2 saturated heterocycles. The molecule has 0 aliphatic carbocycles. The first-order valence-electron chi connectivity index (χ1n) is 13.8. The molecule has 5 rings (SSSR count). The Kier molecular flexibility index (Phi) is 8.26. The zero-order valence-corrected chi connectivity index (χ0v) is 24.6. The lowest BCUT2D eigenvalue weighted by atomic mass is 9.85. The normalized spacial score (nSPS) is 17.8. The summed E-state index contributed by atoms with van der Waals surface area (Å²) in [4.78, 5) is 39.4. The van der Waals surface area contributed by atoms with Crippen molar-refractivity contribution < 1.29 is 9.63 Å². The van der Waals surface area contributed by atoms with Crippen molar-refractivity contribution >= 4 is 38.4 Å². The number of para-hydroxylation sites is 1. The quantitative estimate of drug-likeness (QED) is 0.362. The van der Waals surface area contributed by atoms with Crippen LogP contribution in [0.2, 0.25) is 0 Å². The van der Waals surface area contributed by atoms with Crippen molar-refractivity contribution in [3.63, 3.8) is 0 Å². The van der Waals surface area contributed by atoms with Gasteiger partial charge in [-0.1, -0.05) is 40.2 Å². The zero-order chi connectivity index (χ0) is 27.6. The molecule has 2 aromatic carbocycles. The summed E-state index contributed by atoms with van der Waals surface area (Å²) in [5.41, 5.74) is 8.81. The van der Waals surface area contributed by atoms with Crippen molar-refractivity contribution in [2.45, 2.75) is 52.0 Å². The van der Waals surface area contributed by atoms with E-state index in [1.54, 1.807) is 6.07 Å². The van der Waals surface area contributed by atoms with Gasteiger partial charge in [0.25, 0.3) is 5.91 Å². The minimum Gasteiger partial charge on any atom is -0.350 e. The van der Waals surface area contributed by atoms with Crippen molar-refractivity contribution in [3.05, 3.63) is 85.6 Å². The van der Waals surface area contributed by atoms with Gasteiger partial charge in [-0.05, 0) is 81.4 Å². The van der Waals surface area contributed by atoms with Crippen LogP contribution < -0.4 is 10.9 Å². The van der Waals surface area contributed by atoms with Crippen LogP contribution in [0, 0.1) is 6.92 Å². The molecule has 2 aliphatic rings. The van der Waals surface area contributed by atoms with E-state index in [9.17, 15) is 9.59 Å². The van der Waals surface area contributed by atoms with E-state index >= 15 is 0 Å². The summed E-state index contributed by atoms with van der Waals surface area (Å²) in [6.07, 6.45) is 3.76. The highest BCUT2D eigenvalue weighted by Crippen LogP contribution is 2.34. The lowest BCUT2D eigenvalue weighted by Crippen LogP contribution is -2.56. The standard InChI is InChI=1S/C31H37BrN4O3/c1-4-39-34-29(22-8-10-24(32)11-9-22)23-12-16-36(17-13-23)31(3)14-18-35(19-15-31)30(38)26-20-27(37)25-7-5-6-21(2)28(25)33-26/h5-11,20,34H,4,12-19H2,1-3H3,(H,33,37). The van der Waals surface area contributed by atoms with Crippen LogP contribution >= 0.6 is 15.9 Å². The van der Waals surface area contributed by atoms with Gasteiger partial charge in [-0.15, -0.1) is 0 Å². The van der Waals surface area contributed by atoms with Crippen molar-refractivity contribution in [1.29, 1.82) is 0 Å². The number of H-pyrrole nitrogens is 1. The van der Waals surface area contributed by atoms with E-state index < -0.39 is 0 Å². The van der Waals surface area contributed by atoms with Gasteiger partial charge in [-0.25, -0.2) is 0 Å². The molecule has 0 spiro atoms. The molecule has 0 radical (unpaired) electrons. The van der Waals surface area contributed by atoms with Gasteiger partial charge in [0, 0.05) is 47.6 Å². The van der Waals surface area contributed by atoms with Crippen LogP contribution in [0.3, 0.4) is 0 Å². The van der Waals surface area contributed by atoms with Crippen LogP contribution in [-0.4, -0.2) is 59.0 Å². The number of aromatic nitrogens is 1. The highest BCUT2D eigenvalue weighted by molar-refractivity contribution is 9.10. The average molecular weight is 594 g/mol.